The highest BCUT2D eigenvalue weighted by atomic mass is 16.6. The molecule has 1 amide bonds. The Morgan fingerprint density at radius 3 is 2.37 bits per heavy atom. The summed E-state index contributed by atoms with van der Waals surface area (Å²) >= 11 is 0. The molecule has 1 fully saturated rings. The van der Waals surface area contributed by atoms with E-state index in [1.807, 2.05) is 0 Å². The zero-order valence-corrected chi connectivity index (χ0v) is 11.5. The van der Waals surface area contributed by atoms with Crippen molar-refractivity contribution in [1.82, 2.24) is 5.32 Å². The number of hydrogen-bond donors (Lipinski definition) is 5. The molecule has 0 aliphatic heterocycles. The summed E-state index contributed by atoms with van der Waals surface area (Å²) in [4.78, 5) is 11.7. The average molecular weight is 276 g/mol. The van der Waals surface area contributed by atoms with E-state index in [0.717, 1.165) is 0 Å². The molecule has 7 heteroatoms. The van der Waals surface area contributed by atoms with Crippen LogP contribution in [0.1, 0.15) is 27.2 Å². The predicted molar refractivity (Wildman–Crippen MR) is 68.3 cm³/mol. The first-order chi connectivity index (χ1) is 8.67. The number of nitrogens with one attached hydrogen (secondary N) is 1. The van der Waals surface area contributed by atoms with Gasteiger partial charge in [-0.2, -0.15) is 0 Å². The molecule has 5 atom stereocenters. The second kappa shape index (κ2) is 6.04. The number of amides is 1. The lowest BCUT2D eigenvalue weighted by molar-refractivity contribution is 0.00957. The van der Waals surface area contributed by atoms with Crippen LogP contribution in [0.4, 0.5) is 4.79 Å². The van der Waals surface area contributed by atoms with Crippen LogP contribution in [-0.2, 0) is 4.74 Å². The van der Waals surface area contributed by atoms with E-state index in [9.17, 15) is 15.0 Å². The van der Waals surface area contributed by atoms with Crippen molar-refractivity contribution in [3.8, 4) is 0 Å². The number of carbonyl (C=O) groups excluding carboxylic acids is 1. The number of ether oxygens (including phenoxy) is 1. The molecule has 1 saturated carbocycles. The Kier molecular flexibility index (Phi) is 5.14. The second-order valence-electron chi connectivity index (χ2n) is 5.91. The van der Waals surface area contributed by atoms with Crippen LogP contribution in [0.5, 0.6) is 0 Å². The molecule has 0 unspecified atom stereocenters. The summed E-state index contributed by atoms with van der Waals surface area (Å²) < 4.78 is 5.11. The van der Waals surface area contributed by atoms with Crippen LogP contribution in [0.15, 0.2) is 0 Å². The zero-order chi connectivity index (χ0) is 14.8. The zero-order valence-electron chi connectivity index (χ0n) is 11.5. The third-order valence-corrected chi connectivity index (χ3v) is 3.20. The average Bonchev–Trinajstić information content (AvgIpc) is 2.44. The monoisotopic (exact) mass is 276 g/mol. The minimum Gasteiger partial charge on any atom is -0.444 e. The van der Waals surface area contributed by atoms with Gasteiger partial charge in [-0.15, -0.1) is 0 Å². The van der Waals surface area contributed by atoms with Gasteiger partial charge < -0.3 is 31.1 Å². The Bertz CT molecular complexity index is 318. The van der Waals surface area contributed by atoms with Crippen molar-refractivity contribution in [2.75, 3.05) is 6.61 Å². The summed E-state index contributed by atoms with van der Waals surface area (Å²) in [6.07, 6.45) is -2.61. The van der Waals surface area contributed by atoms with E-state index in [1.54, 1.807) is 20.8 Å². The molecular weight excluding hydrogens is 252 g/mol. The first-order valence-corrected chi connectivity index (χ1v) is 6.39. The number of aliphatic hydroxyl groups is 3. The van der Waals surface area contributed by atoms with Crippen molar-refractivity contribution in [3.05, 3.63) is 0 Å². The number of alkyl carbamates (subject to hydrolysis) is 1. The van der Waals surface area contributed by atoms with Gasteiger partial charge in [0.2, 0.25) is 0 Å². The molecule has 1 rings (SSSR count). The quantitative estimate of drug-likeness (QED) is 0.447. The van der Waals surface area contributed by atoms with Crippen LogP contribution in [0, 0.1) is 5.92 Å². The van der Waals surface area contributed by atoms with Crippen LogP contribution in [-0.4, -0.2) is 57.9 Å². The van der Waals surface area contributed by atoms with Crippen molar-refractivity contribution in [2.45, 2.75) is 57.1 Å². The summed E-state index contributed by atoms with van der Waals surface area (Å²) in [5, 5.41) is 31.1. The summed E-state index contributed by atoms with van der Waals surface area (Å²) in [6.45, 7) is 5.04. The van der Waals surface area contributed by atoms with E-state index in [4.69, 9.17) is 15.6 Å². The highest BCUT2D eigenvalue weighted by Crippen LogP contribution is 2.29. The van der Waals surface area contributed by atoms with Crippen LogP contribution >= 0.6 is 0 Å². The van der Waals surface area contributed by atoms with E-state index in [0.29, 0.717) is 0 Å². The standard InChI is InChI=1S/C12H24N2O5/c1-12(2,3)19-11(18)14-8-6(4-5-15)9(16)10(17)7(8)13/h6-10,15-17H,4-5,13H2,1-3H3,(H,14,18)/t6-,7+,8-,9-,10-/m1/s1. The molecule has 7 nitrogen and oxygen atoms in total. The SMILES string of the molecule is CC(C)(C)OC(=O)N[C@H]1[C@H](N)[C@@H](O)[C@H](O)[C@@H]1CCO. The highest BCUT2D eigenvalue weighted by Gasteiger charge is 2.48. The normalized spacial score (nSPS) is 35.2. The first-order valence-electron chi connectivity index (χ1n) is 6.39. The topological polar surface area (TPSA) is 125 Å². The second-order valence-corrected chi connectivity index (χ2v) is 5.91. The fourth-order valence-electron chi connectivity index (χ4n) is 2.34. The lowest BCUT2D eigenvalue weighted by Crippen LogP contribution is -2.51. The fraction of sp³-hybridized carbons (Fsp3) is 0.917. The lowest BCUT2D eigenvalue weighted by atomic mass is 9.97. The van der Waals surface area contributed by atoms with E-state index in [2.05, 4.69) is 5.32 Å². The van der Waals surface area contributed by atoms with Crippen LogP contribution in [0.3, 0.4) is 0 Å². The number of nitrogens with two attached hydrogens (primary N) is 1. The number of rotatable bonds is 3. The smallest absolute Gasteiger partial charge is 0.407 e. The van der Waals surface area contributed by atoms with Crippen molar-refractivity contribution < 1.29 is 24.9 Å². The van der Waals surface area contributed by atoms with Gasteiger partial charge in [0, 0.05) is 12.5 Å². The third-order valence-electron chi connectivity index (χ3n) is 3.20. The molecule has 0 aromatic carbocycles. The molecule has 19 heavy (non-hydrogen) atoms. The fourth-order valence-corrected chi connectivity index (χ4v) is 2.34. The molecule has 0 spiro atoms. The third kappa shape index (κ3) is 4.04. The molecule has 112 valence electrons. The van der Waals surface area contributed by atoms with Gasteiger partial charge in [0.25, 0.3) is 0 Å². The van der Waals surface area contributed by atoms with E-state index in [-0.39, 0.29) is 13.0 Å². The van der Waals surface area contributed by atoms with E-state index >= 15 is 0 Å². The van der Waals surface area contributed by atoms with E-state index < -0.39 is 41.9 Å². The van der Waals surface area contributed by atoms with Crippen molar-refractivity contribution in [1.29, 1.82) is 0 Å². The van der Waals surface area contributed by atoms with Gasteiger partial charge in [0.1, 0.15) is 5.60 Å². The van der Waals surface area contributed by atoms with Crippen LogP contribution < -0.4 is 11.1 Å². The predicted octanol–water partition coefficient (Wildman–Crippen LogP) is -1.06. The lowest BCUT2D eigenvalue weighted by Gasteiger charge is -2.26. The molecule has 6 N–H and O–H groups in total. The summed E-state index contributed by atoms with van der Waals surface area (Å²) in [6, 6.07) is -1.42. The minimum atomic E-state index is -1.13. The summed E-state index contributed by atoms with van der Waals surface area (Å²) in [7, 11) is 0. The van der Waals surface area contributed by atoms with Gasteiger partial charge in [-0.3, -0.25) is 0 Å². The molecule has 0 aromatic rings. The minimum absolute atomic E-state index is 0.159. The van der Waals surface area contributed by atoms with Gasteiger partial charge in [0.05, 0.1) is 24.3 Å². The molecule has 0 saturated heterocycles. The maximum atomic E-state index is 11.7. The van der Waals surface area contributed by atoms with E-state index in [1.165, 1.54) is 0 Å². The summed E-state index contributed by atoms with van der Waals surface area (Å²) in [5.74, 6) is -0.498. The molecule has 0 heterocycles. The van der Waals surface area contributed by atoms with Gasteiger partial charge in [0.15, 0.2) is 0 Å². The number of hydrogen-bond acceptors (Lipinski definition) is 6. The first kappa shape index (κ1) is 16.2. The Labute approximate surface area is 112 Å². The Morgan fingerprint density at radius 2 is 1.89 bits per heavy atom. The maximum Gasteiger partial charge on any atom is 0.407 e. The largest absolute Gasteiger partial charge is 0.444 e. The van der Waals surface area contributed by atoms with Crippen molar-refractivity contribution >= 4 is 6.09 Å². The maximum absolute atomic E-state index is 11.7. The van der Waals surface area contributed by atoms with Crippen molar-refractivity contribution in [2.24, 2.45) is 11.7 Å². The van der Waals surface area contributed by atoms with Gasteiger partial charge in [-0.1, -0.05) is 0 Å². The van der Waals surface area contributed by atoms with Gasteiger partial charge in [-0.05, 0) is 27.2 Å². The molecular formula is C12H24N2O5. The van der Waals surface area contributed by atoms with Gasteiger partial charge >= 0.3 is 6.09 Å². The Hall–Kier alpha value is -0.890. The Morgan fingerprint density at radius 1 is 1.32 bits per heavy atom. The Balaban J connectivity index is 2.71. The number of aliphatic hydroxyl groups excluding tert-OH is 3. The molecule has 1 aliphatic carbocycles. The molecule has 0 aromatic heterocycles. The molecule has 1 aliphatic rings. The van der Waals surface area contributed by atoms with Crippen molar-refractivity contribution in [3.63, 3.8) is 0 Å². The van der Waals surface area contributed by atoms with Crippen LogP contribution in [0.25, 0.3) is 0 Å². The molecule has 0 radical (unpaired) electrons. The summed E-state index contributed by atoms with van der Waals surface area (Å²) in [5.41, 5.74) is 5.14. The molecule has 0 bridgehead atoms. The van der Waals surface area contributed by atoms with Gasteiger partial charge in [-0.25, -0.2) is 4.79 Å². The number of carbonyl (C=O) groups is 1. The highest BCUT2D eigenvalue weighted by molar-refractivity contribution is 5.68. The van der Waals surface area contributed by atoms with Crippen LogP contribution in [0.2, 0.25) is 0 Å².